The third kappa shape index (κ3) is 5.02. The number of aromatic carboxylic acids is 1. The molecule has 2 atom stereocenters. The Morgan fingerprint density at radius 2 is 2.10 bits per heavy atom. The number of H-pyrrole nitrogens is 1. The Balaban J connectivity index is 1.91. The van der Waals surface area contributed by atoms with Gasteiger partial charge in [0.1, 0.15) is 10.7 Å². The normalized spacial score (nSPS) is 13.9. The average molecular weight is 431 g/mol. The molecule has 6 nitrogen and oxygen atoms in total. The average Bonchev–Trinajstić information content (AvgIpc) is 3.43. The van der Waals surface area contributed by atoms with Crippen LogP contribution in [0.4, 0.5) is 0 Å². The van der Waals surface area contributed by atoms with Gasteiger partial charge in [-0.05, 0) is 40.5 Å². The SMILES string of the molecule is CCC(C)C(c1csc(C(=O)O)c1)c1ncc(/C=C(\Cc2cccs2)C(=O)O)[nH]1. The molecule has 3 aromatic heterocycles. The lowest BCUT2D eigenvalue weighted by molar-refractivity contribution is -0.132. The maximum atomic E-state index is 11.7. The number of aromatic nitrogens is 2. The molecule has 3 N–H and O–H groups in total. The van der Waals surface area contributed by atoms with Crippen molar-refractivity contribution in [2.75, 3.05) is 0 Å². The molecule has 0 bridgehead atoms. The lowest BCUT2D eigenvalue weighted by atomic mass is 9.86. The number of aromatic amines is 1. The van der Waals surface area contributed by atoms with E-state index in [1.54, 1.807) is 18.3 Å². The molecule has 8 heteroatoms. The van der Waals surface area contributed by atoms with Crippen LogP contribution in [0.25, 0.3) is 6.08 Å². The van der Waals surface area contributed by atoms with E-state index in [1.165, 1.54) is 22.7 Å². The minimum absolute atomic E-state index is 0.0860. The Kier molecular flexibility index (Phi) is 6.66. The van der Waals surface area contributed by atoms with Crippen molar-refractivity contribution in [3.8, 4) is 0 Å². The van der Waals surface area contributed by atoms with E-state index in [2.05, 4.69) is 23.8 Å². The van der Waals surface area contributed by atoms with Gasteiger partial charge in [-0.15, -0.1) is 22.7 Å². The topological polar surface area (TPSA) is 103 Å². The highest BCUT2D eigenvalue weighted by Crippen LogP contribution is 2.35. The number of aliphatic carboxylic acids is 1. The second-order valence-corrected chi connectivity index (χ2v) is 8.81. The molecule has 0 fully saturated rings. The van der Waals surface area contributed by atoms with Crippen molar-refractivity contribution in [3.05, 3.63) is 67.6 Å². The van der Waals surface area contributed by atoms with Gasteiger partial charge in [-0.2, -0.15) is 0 Å². The molecule has 152 valence electrons. The predicted molar refractivity (Wildman–Crippen MR) is 115 cm³/mol. The first-order chi connectivity index (χ1) is 13.9. The molecule has 29 heavy (non-hydrogen) atoms. The fraction of sp³-hybridized carbons (Fsp3) is 0.286. The Morgan fingerprint density at radius 3 is 2.69 bits per heavy atom. The molecule has 0 saturated carbocycles. The van der Waals surface area contributed by atoms with Gasteiger partial charge in [-0.3, -0.25) is 0 Å². The second kappa shape index (κ2) is 9.19. The Labute approximate surface area is 176 Å². The van der Waals surface area contributed by atoms with Crippen LogP contribution in [0.2, 0.25) is 0 Å². The molecule has 0 aliphatic rings. The van der Waals surface area contributed by atoms with Gasteiger partial charge < -0.3 is 15.2 Å². The summed E-state index contributed by atoms with van der Waals surface area (Å²) in [7, 11) is 0. The van der Waals surface area contributed by atoms with Crippen molar-refractivity contribution in [3.63, 3.8) is 0 Å². The molecule has 2 unspecified atom stereocenters. The molecule has 0 aliphatic carbocycles. The first-order valence-electron chi connectivity index (χ1n) is 9.21. The first-order valence-corrected chi connectivity index (χ1v) is 11.0. The summed E-state index contributed by atoms with van der Waals surface area (Å²) in [5.74, 6) is -1.04. The van der Waals surface area contributed by atoms with Crippen molar-refractivity contribution in [2.45, 2.75) is 32.6 Å². The Bertz CT molecular complexity index is 1020. The van der Waals surface area contributed by atoms with Crippen LogP contribution < -0.4 is 0 Å². The lowest BCUT2D eigenvalue weighted by Crippen LogP contribution is -2.12. The van der Waals surface area contributed by atoms with Gasteiger partial charge >= 0.3 is 11.9 Å². The third-order valence-electron chi connectivity index (χ3n) is 4.86. The summed E-state index contributed by atoms with van der Waals surface area (Å²) in [5, 5.41) is 22.6. The van der Waals surface area contributed by atoms with Crippen molar-refractivity contribution < 1.29 is 19.8 Å². The number of imidazole rings is 1. The van der Waals surface area contributed by atoms with Crippen LogP contribution >= 0.6 is 22.7 Å². The largest absolute Gasteiger partial charge is 0.478 e. The van der Waals surface area contributed by atoms with Gasteiger partial charge in [0, 0.05) is 22.8 Å². The third-order valence-corrected chi connectivity index (χ3v) is 6.67. The molecule has 0 spiro atoms. The molecule has 0 radical (unpaired) electrons. The maximum Gasteiger partial charge on any atom is 0.345 e. The summed E-state index contributed by atoms with van der Waals surface area (Å²) in [5.41, 5.74) is 1.81. The van der Waals surface area contributed by atoms with Crippen LogP contribution in [0.15, 0.2) is 40.7 Å². The summed E-state index contributed by atoms with van der Waals surface area (Å²) < 4.78 is 0. The molecule has 0 amide bonds. The van der Waals surface area contributed by atoms with Crippen molar-refractivity contribution in [1.29, 1.82) is 0 Å². The lowest BCUT2D eigenvalue weighted by Gasteiger charge is -2.20. The zero-order valence-electron chi connectivity index (χ0n) is 16.1. The minimum atomic E-state index is -0.961. The molecule has 3 rings (SSSR count). The Hall–Kier alpha value is -2.71. The van der Waals surface area contributed by atoms with E-state index in [-0.39, 0.29) is 17.4 Å². The quantitative estimate of drug-likeness (QED) is 0.409. The van der Waals surface area contributed by atoms with Crippen LogP contribution in [-0.2, 0) is 11.2 Å². The standard InChI is InChI=1S/C21H22N2O4S2/c1-3-12(2)18(14-9-17(21(26)27)29-11-14)19-22-10-15(23-19)7-13(20(24)25)8-16-5-4-6-28-16/h4-7,9-12,18H,3,8H2,1-2H3,(H,22,23)(H,24,25)(H,26,27)/b13-7+. The van der Waals surface area contributed by atoms with Gasteiger partial charge in [0.05, 0.1) is 11.9 Å². The van der Waals surface area contributed by atoms with Gasteiger partial charge in [0.2, 0.25) is 0 Å². The number of nitrogens with zero attached hydrogens (tertiary/aromatic N) is 1. The van der Waals surface area contributed by atoms with Crippen LogP contribution in [0.3, 0.4) is 0 Å². The van der Waals surface area contributed by atoms with Crippen LogP contribution in [0.5, 0.6) is 0 Å². The number of rotatable bonds is 9. The first kappa shape index (κ1) is 21.0. The van der Waals surface area contributed by atoms with E-state index in [0.717, 1.165) is 16.9 Å². The van der Waals surface area contributed by atoms with Gasteiger partial charge in [0.25, 0.3) is 0 Å². The van der Waals surface area contributed by atoms with E-state index in [0.29, 0.717) is 22.8 Å². The molecular weight excluding hydrogens is 408 g/mol. The van der Waals surface area contributed by atoms with Crippen LogP contribution in [0, 0.1) is 5.92 Å². The Morgan fingerprint density at radius 1 is 1.31 bits per heavy atom. The molecule has 3 aromatic rings. The number of carboxylic acid groups (broad SMARTS) is 2. The van der Waals surface area contributed by atoms with Crippen molar-refractivity contribution in [1.82, 2.24) is 9.97 Å². The van der Waals surface area contributed by atoms with Crippen molar-refractivity contribution in [2.24, 2.45) is 5.92 Å². The zero-order chi connectivity index (χ0) is 21.0. The smallest absolute Gasteiger partial charge is 0.345 e. The molecule has 0 aromatic carbocycles. The fourth-order valence-electron chi connectivity index (χ4n) is 3.18. The number of carboxylic acids is 2. The van der Waals surface area contributed by atoms with Gasteiger partial charge in [-0.25, -0.2) is 14.6 Å². The number of hydrogen-bond donors (Lipinski definition) is 3. The predicted octanol–water partition coefficient (Wildman–Crippen LogP) is 5.12. The second-order valence-electron chi connectivity index (χ2n) is 6.87. The summed E-state index contributed by atoms with van der Waals surface area (Å²) in [6.07, 6.45) is 4.49. The van der Waals surface area contributed by atoms with Crippen LogP contribution in [0.1, 0.15) is 57.8 Å². The summed E-state index contributed by atoms with van der Waals surface area (Å²) >= 11 is 2.72. The number of carbonyl (C=O) groups is 2. The summed E-state index contributed by atoms with van der Waals surface area (Å²) in [6, 6.07) is 5.51. The molecule has 0 saturated heterocycles. The van der Waals surface area contributed by atoms with Crippen LogP contribution in [-0.4, -0.2) is 32.1 Å². The van der Waals surface area contributed by atoms with Gasteiger partial charge in [0.15, 0.2) is 0 Å². The highest BCUT2D eigenvalue weighted by atomic mass is 32.1. The minimum Gasteiger partial charge on any atom is -0.478 e. The number of thiophene rings is 2. The number of nitrogens with one attached hydrogen (secondary N) is 1. The van der Waals surface area contributed by atoms with E-state index < -0.39 is 11.9 Å². The molecule has 0 aliphatic heterocycles. The highest BCUT2D eigenvalue weighted by Gasteiger charge is 2.25. The molecular formula is C21H22N2O4S2. The van der Waals surface area contributed by atoms with E-state index in [9.17, 15) is 19.8 Å². The zero-order valence-corrected chi connectivity index (χ0v) is 17.7. The summed E-state index contributed by atoms with van der Waals surface area (Å²) in [4.78, 5) is 31.9. The van der Waals surface area contributed by atoms with Crippen molar-refractivity contribution >= 4 is 40.7 Å². The molecule has 3 heterocycles. The van der Waals surface area contributed by atoms with Gasteiger partial charge in [-0.1, -0.05) is 26.3 Å². The number of hydrogen-bond acceptors (Lipinski definition) is 5. The van der Waals surface area contributed by atoms with E-state index >= 15 is 0 Å². The van der Waals surface area contributed by atoms with E-state index in [4.69, 9.17) is 0 Å². The van der Waals surface area contributed by atoms with E-state index in [1.807, 2.05) is 22.9 Å². The highest BCUT2D eigenvalue weighted by molar-refractivity contribution is 7.12. The summed E-state index contributed by atoms with van der Waals surface area (Å²) in [6.45, 7) is 4.18. The maximum absolute atomic E-state index is 11.7. The monoisotopic (exact) mass is 430 g/mol. The fourth-order valence-corrected chi connectivity index (χ4v) is 4.69.